The van der Waals surface area contributed by atoms with Crippen LogP contribution in [0.5, 0.6) is 0 Å². The lowest BCUT2D eigenvalue weighted by Gasteiger charge is -2.19. The summed E-state index contributed by atoms with van der Waals surface area (Å²) in [5.41, 5.74) is -0.0754. The smallest absolute Gasteiger partial charge is 0.185 e. The van der Waals surface area contributed by atoms with Crippen molar-refractivity contribution in [2.75, 3.05) is 12.4 Å². The fourth-order valence-corrected chi connectivity index (χ4v) is 2.74. The number of carbonyl (C=O) groups is 1. The first-order valence-corrected chi connectivity index (χ1v) is 7.28. The van der Waals surface area contributed by atoms with E-state index in [2.05, 4.69) is 0 Å². The van der Waals surface area contributed by atoms with Gasteiger partial charge in [0.05, 0.1) is 11.5 Å². The molecule has 18 heavy (non-hydrogen) atoms. The molecule has 4 nitrogen and oxygen atoms in total. The Hall–Kier alpha value is -1.20. The van der Waals surface area contributed by atoms with Gasteiger partial charge in [-0.05, 0) is 19.1 Å². The topological polar surface area (TPSA) is 71.4 Å². The van der Waals surface area contributed by atoms with Gasteiger partial charge < -0.3 is 5.11 Å². The standard InChI is InChI=1S/C13H18O4S/c1-10-4-6-11(7-5-10)18(16,17)8-12(15)13(2,3)9-14/h4-7,14H,8-9H2,1-3H3. The number of aryl methyl sites for hydroxylation is 1. The third-order valence-corrected chi connectivity index (χ3v) is 4.48. The van der Waals surface area contributed by atoms with Gasteiger partial charge in [-0.25, -0.2) is 8.42 Å². The van der Waals surface area contributed by atoms with Gasteiger partial charge >= 0.3 is 0 Å². The molecule has 1 aromatic carbocycles. The third-order valence-electron chi connectivity index (χ3n) is 2.85. The van der Waals surface area contributed by atoms with Gasteiger partial charge in [0.15, 0.2) is 15.6 Å². The molecule has 0 aromatic heterocycles. The zero-order valence-corrected chi connectivity index (χ0v) is 11.6. The SMILES string of the molecule is Cc1ccc(S(=O)(=O)CC(=O)C(C)(C)CO)cc1. The van der Waals surface area contributed by atoms with Crippen LogP contribution in [0.2, 0.25) is 0 Å². The van der Waals surface area contributed by atoms with Gasteiger partial charge in [-0.1, -0.05) is 31.5 Å². The maximum Gasteiger partial charge on any atom is 0.185 e. The van der Waals surface area contributed by atoms with Crippen molar-refractivity contribution >= 4 is 15.6 Å². The average Bonchev–Trinajstić information content (AvgIpc) is 2.29. The molecule has 0 spiro atoms. The highest BCUT2D eigenvalue weighted by Gasteiger charge is 2.31. The van der Waals surface area contributed by atoms with Crippen molar-refractivity contribution in [1.29, 1.82) is 0 Å². The van der Waals surface area contributed by atoms with Gasteiger partial charge in [0.1, 0.15) is 5.75 Å². The predicted molar refractivity (Wildman–Crippen MR) is 69.1 cm³/mol. The Labute approximate surface area is 108 Å². The summed E-state index contributed by atoms with van der Waals surface area (Å²) in [6.07, 6.45) is 0. The number of hydrogen-bond donors (Lipinski definition) is 1. The van der Waals surface area contributed by atoms with Crippen LogP contribution < -0.4 is 0 Å². The Kier molecular flexibility index (Phi) is 4.29. The largest absolute Gasteiger partial charge is 0.395 e. The van der Waals surface area contributed by atoms with Crippen LogP contribution in [0.25, 0.3) is 0 Å². The Morgan fingerprint density at radius 3 is 2.17 bits per heavy atom. The molecule has 0 heterocycles. The van der Waals surface area contributed by atoms with Crippen LogP contribution in [0.3, 0.4) is 0 Å². The fraction of sp³-hybridized carbons (Fsp3) is 0.462. The summed E-state index contributed by atoms with van der Waals surface area (Å²) in [6, 6.07) is 6.36. The summed E-state index contributed by atoms with van der Waals surface area (Å²) >= 11 is 0. The number of aliphatic hydroxyl groups excluding tert-OH is 1. The number of benzene rings is 1. The number of carbonyl (C=O) groups excluding carboxylic acids is 1. The van der Waals surface area contributed by atoms with E-state index in [4.69, 9.17) is 5.11 Å². The average molecular weight is 270 g/mol. The zero-order chi connectivity index (χ0) is 14.0. The quantitative estimate of drug-likeness (QED) is 0.877. The van der Waals surface area contributed by atoms with E-state index in [9.17, 15) is 13.2 Å². The van der Waals surface area contributed by atoms with Crippen LogP contribution in [0.1, 0.15) is 19.4 Å². The molecule has 0 amide bonds. The van der Waals surface area contributed by atoms with E-state index < -0.39 is 26.8 Å². The van der Waals surface area contributed by atoms with Crippen LogP contribution in [0.15, 0.2) is 29.2 Å². The minimum atomic E-state index is -3.63. The fourth-order valence-electron chi connectivity index (χ4n) is 1.29. The van der Waals surface area contributed by atoms with Crippen molar-refractivity contribution in [3.63, 3.8) is 0 Å². The second-order valence-electron chi connectivity index (χ2n) is 5.04. The van der Waals surface area contributed by atoms with Gasteiger partial charge in [-0.3, -0.25) is 4.79 Å². The number of hydrogen-bond acceptors (Lipinski definition) is 4. The van der Waals surface area contributed by atoms with Crippen molar-refractivity contribution in [3.05, 3.63) is 29.8 Å². The lowest BCUT2D eigenvalue weighted by Crippen LogP contribution is -2.33. The summed E-state index contributed by atoms with van der Waals surface area (Å²) in [5.74, 6) is -1.06. The Morgan fingerprint density at radius 2 is 1.72 bits per heavy atom. The van der Waals surface area contributed by atoms with Gasteiger partial charge in [-0.2, -0.15) is 0 Å². The Balaban J connectivity index is 2.96. The summed E-state index contributed by atoms with van der Waals surface area (Å²) < 4.78 is 24.0. The van der Waals surface area contributed by atoms with Crippen LogP contribution in [0, 0.1) is 12.3 Å². The maximum atomic E-state index is 12.0. The van der Waals surface area contributed by atoms with E-state index in [-0.39, 0.29) is 11.5 Å². The molecule has 5 heteroatoms. The molecule has 0 aliphatic heterocycles. The van der Waals surface area contributed by atoms with E-state index in [1.165, 1.54) is 26.0 Å². The van der Waals surface area contributed by atoms with Crippen LogP contribution in [-0.4, -0.2) is 31.7 Å². The summed E-state index contributed by atoms with van der Waals surface area (Å²) in [6.45, 7) is 4.55. The highest BCUT2D eigenvalue weighted by atomic mass is 32.2. The number of rotatable bonds is 5. The van der Waals surface area contributed by atoms with Crippen molar-refractivity contribution in [1.82, 2.24) is 0 Å². The maximum absolute atomic E-state index is 12.0. The number of aliphatic hydroxyl groups is 1. The molecule has 0 atom stereocenters. The highest BCUT2D eigenvalue weighted by molar-refractivity contribution is 7.92. The minimum absolute atomic E-state index is 0.134. The van der Waals surface area contributed by atoms with Crippen LogP contribution in [-0.2, 0) is 14.6 Å². The predicted octanol–water partition coefficient (Wildman–Crippen LogP) is 1.36. The normalized spacial score (nSPS) is 12.4. The number of Topliss-reactive ketones (excluding diaryl/α,β-unsaturated/α-hetero) is 1. The molecule has 0 saturated heterocycles. The molecule has 1 rings (SSSR count). The van der Waals surface area contributed by atoms with E-state index in [0.717, 1.165) is 5.56 Å². The second kappa shape index (κ2) is 5.20. The summed E-state index contributed by atoms with van der Waals surface area (Å²) in [4.78, 5) is 11.9. The molecule has 0 aliphatic carbocycles. The first-order valence-electron chi connectivity index (χ1n) is 5.62. The van der Waals surface area contributed by atoms with Gasteiger partial charge in [-0.15, -0.1) is 0 Å². The first-order chi connectivity index (χ1) is 8.19. The molecule has 0 aliphatic rings. The molecule has 1 aromatic rings. The first kappa shape index (κ1) is 14.9. The molecular weight excluding hydrogens is 252 g/mol. The molecule has 0 unspecified atom stereocenters. The molecule has 100 valence electrons. The van der Waals surface area contributed by atoms with Crippen molar-refractivity contribution in [2.45, 2.75) is 25.7 Å². The van der Waals surface area contributed by atoms with Crippen LogP contribution in [0.4, 0.5) is 0 Å². The van der Waals surface area contributed by atoms with Crippen molar-refractivity contribution < 1.29 is 18.3 Å². The van der Waals surface area contributed by atoms with Crippen LogP contribution >= 0.6 is 0 Å². The molecule has 0 fully saturated rings. The summed E-state index contributed by atoms with van der Waals surface area (Å²) in [5, 5.41) is 9.05. The number of sulfone groups is 1. The number of ketones is 1. The third kappa shape index (κ3) is 3.40. The Morgan fingerprint density at radius 1 is 1.22 bits per heavy atom. The lowest BCUT2D eigenvalue weighted by atomic mass is 9.90. The Bertz CT molecular complexity index is 527. The van der Waals surface area contributed by atoms with E-state index in [1.54, 1.807) is 12.1 Å². The summed E-state index contributed by atoms with van der Waals surface area (Å²) in [7, 11) is -3.63. The molecule has 0 radical (unpaired) electrons. The minimum Gasteiger partial charge on any atom is -0.395 e. The van der Waals surface area contributed by atoms with Gasteiger partial charge in [0, 0.05) is 5.41 Å². The molecule has 0 bridgehead atoms. The van der Waals surface area contributed by atoms with Gasteiger partial charge in [0.2, 0.25) is 0 Å². The monoisotopic (exact) mass is 270 g/mol. The van der Waals surface area contributed by atoms with Crippen molar-refractivity contribution in [3.8, 4) is 0 Å². The van der Waals surface area contributed by atoms with E-state index >= 15 is 0 Å². The van der Waals surface area contributed by atoms with Crippen molar-refractivity contribution in [2.24, 2.45) is 5.41 Å². The molecule has 0 saturated carbocycles. The molecular formula is C13H18O4S. The van der Waals surface area contributed by atoms with E-state index in [0.29, 0.717) is 0 Å². The zero-order valence-electron chi connectivity index (χ0n) is 10.8. The lowest BCUT2D eigenvalue weighted by molar-refractivity contribution is -0.126. The molecule has 1 N–H and O–H groups in total. The van der Waals surface area contributed by atoms with Gasteiger partial charge in [0.25, 0.3) is 0 Å². The van der Waals surface area contributed by atoms with E-state index in [1.807, 2.05) is 6.92 Å². The second-order valence-corrected chi connectivity index (χ2v) is 7.03. The highest BCUT2D eigenvalue weighted by Crippen LogP contribution is 2.19.